The highest BCUT2D eigenvalue weighted by Crippen LogP contribution is 2.36. The maximum absolute atomic E-state index is 14.9. The minimum absolute atomic E-state index is 0.0433. The van der Waals surface area contributed by atoms with Gasteiger partial charge in [-0.25, -0.2) is 4.39 Å². The zero-order chi connectivity index (χ0) is 26.4. The number of aryl methyl sites for hydroxylation is 1. The lowest BCUT2D eigenvalue weighted by Crippen LogP contribution is -2.40. The first-order valence-corrected chi connectivity index (χ1v) is 12.1. The fraction of sp³-hybridized carbons (Fsp3) is 0.333. The molecule has 5 rings (SSSR count). The van der Waals surface area contributed by atoms with Gasteiger partial charge in [0.15, 0.2) is 11.6 Å². The number of nitrogens with zero attached hydrogens (tertiary/aromatic N) is 1. The fourth-order valence-electron chi connectivity index (χ4n) is 5.07. The van der Waals surface area contributed by atoms with Gasteiger partial charge in [0.05, 0.1) is 18.2 Å². The first-order valence-electron chi connectivity index (χ1n) is 12.1. The molecular formula is C27H26FN3O6. The minimum atomic E-state index is -1.04. The van der Waals surface area contributed by atoms with Crippen molar-refractivity contribution in [1.29, 1.82) is 0 Å². The third-order valence-electron chi connectivity index (χ3n) is 6.89. The van der Waals surface area contributed by atoms with Crippen molar-refractivity contribution >= 4 is 34.6 Å². The SMILES string of the molecule is CCCC(=O)NC(=O)C(CN1Cc2ccc(OC)c(F)c2C1=O)c1cc2cc3c(c(C)c2o1)C(=O)NC3. The number of fused-ring (bicyclic) bond motifs is 3. The molecule has 192 valence electrons. The number of rotatable bonds is 7. The smallest absolute Gasteiger partial charge is 0.257 e. The normalized spacial score (nSPS) is 15.0. The molecule has 0 aliphatic carbocycles. The lowest BCUT2D eigenvalue weighted by atomic mass is 10.00. The van der Waals surface area contributed by atoms with E-state index in [0.29, 0.717) is 40.6 Å². The number of methoxy groups -OCH3 is 1. The molecule has 0 bridgehead atoms. The summed E-state index contributed by atoms with van der Waals surface area (Å²) in [6.07, 6.45) is 0.723. The molecule has 1 unspecified atom stereocenters. The van der Waals surface area contributed by atoms with Gasteiger partial charge >= 0.3 is 0 Å². The van der Waals surface area contributed by atoms with Crippen molar-refractivity contribution in [3.05, 3.63) is 63.7 Å². The number of ether oxygens (including phenoxy) is 1. The van der Waals surface area contributed by atoms with Crippen molar-refractivity contribution in [2.45, 2.75) is 45.7 Å². The van der Waals surface area contributed by atoms with E-state index < -0.39 is 29.5 Å². The number of amides is 4. The van der Waals surface area contributed by atoms with Crippen LogP contribution in [0.2, 0.25) is 0 Å². The van der Waals surface area contributed by atoms with Crippen LogP contribution in [0.5, 0.6) is 5.75 Å². The average Bonchev–Trinajstić information content (AvgIpc) is 3.54. The van der Waals surface area contributed by atoms with E-state index in [-0.39, 0.29) is 42.5 Å². The summed E-state index contributed by atoms with van der Waals surface area (Å²) in [5, 5.41) is 5.89. The molecule has 9 nitrogen and oxygen atoms in total. The number of imide groups is 1. The molecule has 0 saturated carbocycles. The van der Waals surface area contributed by atoms with Crippen LogP contribution in [0.4, 0.5) is 4.39 Å². The van der Waals surface area contributed by atoms with Crippen LogP contribution >= 0.6 is 0 Å². The number of furan rings is 1. The van der Waals surface area contributed by atoms with Gasteiger partial charge in [0.1, 0.15) is 17.3 Å². The highest BCUT2D eigenvalue weighted by Gasteiger charge is 2.37. The van der Waals surface area contributed by atoms with Gasteiger partial charge in [0, 0.05) is 37.0 Å². The Labute approximate surface area is 211 Å². The summed E-state index contributed by atoms with van der Waals surface area (Å²) in [6.45, 7) is 3.95. The molecule has 0 fully saturated rings. The first kappa shape index (κ1) is 24.5. The number of benzene rings is 2. The third-order valence-corrected chi connectivity index (χ3v) is 6.89. The van der Waals surface area contributed by atoms with Crippen molar-refractivity contribution in [3.63, 3.8) is 0 Å². The number of nitrogens with one attached hydrogen (secondary N) is 2. The molecule has 3 aromatic rings. The van der Waals surface area contributed by atoms with Crippen LogP contribution in [-0.2, 0) is 22.7 Å². The van der Waals surface area contributed by atoms with Crippen LogP contribution in [0.3, 0.4) is 0 Å². The van der Waals surface area contributed by atoms with E-state index in [1.807, 2.05) is 13.0 Å². The summed E-state index contributed by atoms with van der Waals surface area (Å²) in [5.41, 5.74) is 2.86. The van der Waals surface area contributed by atoms with Crippen molar-refractivity contribution in [2.75, 3.05) is 13.7 Å². The summed E-state index contributed by atoms with van der Waals surface area (Å²) in [7, 11) is 1.32. The van der Waals surface area contributed by atoms with Gasteiger partial charge in [0.25, 0.3) is 11.8 Å². The van der Waals surface area contributed by atoms with Crippen LogP contribution in [0.1, 0.15) is 68.8 Å². The van der Waals surface area contributed by atoms with Gasteiger partial charge in [-0.05, 0) is 42.7 Å². The molecule has 2 aliphatic heterocycles. The van der Waals surface area contributed by atoms with Gasteiger partial charge in [0.2, 0.25) is 11.8 Å². The van der Waals surface area contributed by atoms with E-state index in [1.54, 1.807) is 19.1 Å². The molecule has 1 atom stereocenters. The summed E-state index contributed by atoms with van der Waals surface area (Å²) >= 11 is 0. The third kappa shape index (κ3) is 4.12. The highest BCUT2D eigenvalue weighted by molar-refractivity contribution is 6.05. The van der Waals surface area contributed by atoms with Crippen LogP contribution in [0.25, 0.3) is 11.0 Å². The molecular weight excluding hydrogens is 481 g/mol. The predicted molar refractivity (Wildman–Crippen MR) is 131 cm³/mol. The topological polar surface area (TPSA) is 118 Å². The molecule has 2 aliphatic rings. The van der Waals surface area contributed by atoms with Gasteiger partial charge < -0.3 is 19.4 Å². The summed E-state index contributed by atoms with van der Waals surface area (Å²) < 4.78 is 26.0. The molecule has 2 aromatic carbocycles. The Kier molecular flexibility index (Phi) is 6.18. The van der Waals surface area contributed by atoms with Crippen LogP contribution in [0.15, 0.2) is 28.7 Å². The second-order valence-electron chi connectivity index (χ2n) is 9.30. The van der Waals surface area contributed by atoms with Gasteiger partial charge in [-0.1, -0.05) is 13.0 Å². The number of halogens is 1. The molecule has 0 saturated heterocycles. The minimum Gasteiger partial charge on any atom is -0.494 e. The van der Waals surface area contributed by atoms with Gasteiger partial charge in [-0.15, -0.1) is 0 Å². The average molecular weight is 508 g/mol. The summed E-state index contributed by atoms with van der Waals surface area (Å²) in [5.74, 6) is -3.42. The van der Waals surface area contributed by atoms with E-state index in [1.165, 1.54) is 18.1 Å². The predicted octanol–water partition coefficient (Wildman–Crippen LogP) is 3.31. The molecule has 10 heteroatoms. The number of carbonyl (C=O) groups excluding carboxylic acids is 4. The molecule has 0 spiro atoms. The van der Waals surface area contributed by atoms with Crippen molar-refractivity contribution in [1.82, 2.24) is 15.5 Å². The quantitative estimate of drug-likeness (QED) is 0.507. The Hall–Kier alpha value is -4.21. The van der Waals surface area contributed by atoms with E-state index in [2.05, 4.69) is 10.6 Å². The van der Waals surface area contributed by atoms with Crippen LogP contribution in [-0.4, -0.2) is 42.2 Å². The number of hydrogen-bond donors (Lipinski definition) is 2. The lowest BCUT2D eigenvalue weighted by Gasteiger charge is -2.21. The van der Waals surface area contributed by atoms with Crippen LogP contribution in [0, 0.1) is 12.7 Å². The molecule has 37 heavy (non-hydrogen) atoms. The Morgan fingerprint density at radius 3 is 2.73 bits per heavy atom. The van der Waals surface area contributed by atoms with Crippen molar-refractivity contribution in [3.8, 4) is 5.75 Å². The summed E-state index contributed by atoms with van der Waals surface area (Å²) in [6, 6.07) is 6.59. The molecule has 4 amide bonds. The Balaban J connectivity index is 1.51. The molecule has 2 N–H and O–H groups in total. The maximum Gasteiger partial charge on any atom is 0.257 e. The fourth-order valence-corrected chi connectivity index (χ4v) is 5.07. The van der Waals surface area contributed by atoms with Gasteiger partial charge in [-0.3, -0.25) is 24.5 Å². The van der Waals surface area contributed by atoms with Crippen molar-refractivity contribution < 1.29 is 32.7 Å². The second kappa shape index (κ2) is 9.34. The second-order valence-corrected chi connectivity index (χ2v) is 9.30. The monoisotopic (exact) mass is 507 g/mol. The first-order chi connectivity index (χ1) is 17.7. The number of carbonyl (C=O) groups is 4. The zero-order valence-electron chi connectivity index (χ0n) is 20.7. The Bertz CT molecular complexity index is 1480. The summed E-state index contributed by atoms with van der Waals surface area (Å²) in [4.78, 5) is 52.3. The highest BCUT2D eigenvalue weighted by atomic mass is 19.1. The van der Waals surface area contributed by atoms with E-state index in [0.717, 1.165) is 5.56 Å². The zero-order valence-corrected chi connectivity index (χ0v) is 20.7. The maximum atomic E-state index is 14.9. The van der Waals surface area contributed by atoms with Crippen molar-refractivity contribution in [2.24, 2.45) is 0 Å². The largest absolute Gasteiger partial charge is 0.494 e. The van der Waals surface area contributed by atoms with E-state index in [4.69, 9.17) is 9.15 Å². The molecule has 0 radical (unpaired) electrons. The van der Waals surface area contributed by atoms with Gasteiger partial charge in [-0.2, -0.15) is 0 Å². The number of hydrogen-bond acceptors (Lipinski definition) is 6. The Morgan fingerprint density at radius 1 is 1.22 bits per heavy atom. The Morgan fingerprint density at radius 2 is 2.00 bits per heavy atom. The standard InChI is InChI=1S/C27H26FN3O6/c1-4-5-20(32)30-25(33)17(12-31-11-14-6-7-18(36-3)23(28)22(14)27(31)35)19-9-15-8-16-10-29-26(34)21(16)13(2)24(15)37-19/h6-9,17H,4-5,10-12H2,1-3H3,(H,29,34)(H,30,32,33). The van der Waals surface area contributed by atoms with E-state index in [9.17, 15) is 23.6 Å². The lowest BCUT2D eigenvalue weighted by molar-refractivity contribution is -0.131. The van der Waals surface area contributed by atoms with E-state index >= 15 is 0 Å². The molecule has 1 aromatic heterocycles. The molecule has 3 heterocycles. The van der Waals surface area contributed by atoms with Crippen LogP contribution < -0.4 is 15.4 Å².